The van der Waals surface area contributed by atoms with Crippen LogP contribution in [0.15, 0.2) is 6.07 Å². The van der Waals surface area contributed by atoms with Crippen molar-refractivity contribution in [2.75, 3.05) is 6.61 Å². The van der Waals surface area contributed by atoms with Crippen LogP contribution in [0.5, 0.6) is 0 Å². The number of amides is 1. The Labute approximate surface area is 102 Å². The van der Waals surface area contributed by atoms with E-state index in [0.717, 1.165) is 5.69 Å². The van der Waals surface area contributed by atoms with E-state index in [0.29, 0.717) is 12.2 Å². The van der Waals surface area contributed by atoms with Gasteiger partial charge in [-0.15, -0.1) is 0 Å². The average Bonchev–Trinajstić information content (AvgIpc) is 2.69. The number of aryl methyl sites for hydroxylation is 2. The van der Waals surface area contributed by atoms with Crippen molar-refractivity contribution in [1.82, 2.24) is 15.1 Å². The van der Waals surface area contributed by atoms with E-state index in [-0.39, 0.29) is 24.5 Å². The lowest BCUT2D eigenvalue weighted by Gasteiger charge is -2.19. The molecule has 0 saturated heterocycles. The molecule has 1 heterocycles. The standard InChI is InChI=1S/C12H21N3O2/c1-5-15-11(6-9(3)14-15)12(17)13-10(4)8(2)7-16/h6,8,10,16H,5,7H2,1-4H3,(H,13,17). The minimum absolute atomic E-state index is 0.0399. The normalized spacial score (nSPS) is 14.4. The summed E-state index contributed by atoms with van der Waals surface area (Å²) in [5, 5.41) is 16.1. The van der Waals surface area contributed by atoms with Crippen molar-refractivity contribution in [3.8, 4) is 0 Å². The molecule has 1 rings (SSSR count). The number of rotatable bonds is 5. The van der Waals surface area contributed by atoms with Crippen LogP contribution in [-0.4, -0.2) is 33.4 Å². The molecule has 1 aromatic heterocycles. The van der Waals surface area contributed by atoms with Crippen LogP contribution in [0.4, 0.5) is 0 Å². The second-order valence-electron chi connectivity index (χ2n) is 4.41. The maximum absolute atomic E-state index is 12.0. The predicted octanol–water partition coefficient (Wildman–Crippen LogP) is 0.958. The number of aliphatic hydroxyl groups is 1. The van der Waals surface area contributed by atoms with Gasteiger partial charge in [0.05, 0.1) is 5.69 Å². The van der Waals surface area contributed by atoms with Gasteiger partial charge in [0.25, 0.3) is 5.91 Å². The number of nitrogens with zero attached hydrogens (tertiary/aromatic N) is 2. The molecule has 2 unspecified atom stereocenters. The molecule has 5 heteroatoms. The lowest BCUT2D eigenvalue weighted by Crippen LogP contribution is -2.39. The summed E-state index contributed by atoms with van der Waals surface area (Å²) < 4.78 is 1.68. The first kappa shape index (κ1) is 13.7. The van der Waals surface area contributed by atoms with Crippen LogP contribution in [-0.2, 0) is 6.54 Å². The lowest BCUT2D eigenvalue weighted by atomic mass is 10.1. The largest absolute Gasteiger partial charge is 0.396 e. The van der Waals surface area contributed by atoms with Gasteiger partial charge < -0.3 is 10.4 Å². The summed E-state index contributed by atoms with van der Waals surface area (Å²) in [6.45, 7) is 8.32. The summed E-state index contributed by atoms with van der Waals surface area (Å²) in [5.74, 6) is -0.0988. The van der Waals surface area contributed by atoms with Gasteiger partial charge in [-0.3, -0.25) is 9.48 Å². The van der Waals surface area contributed by atoms with Crippen LogP contribution in [0.1, 0.15) is 37.0 Å². The van der Waals surface area contributed by atoms with Crippen LogP contribution < -0.4 is 5.32 Å². The highest BCUT2D eigenvalue weighted by atomic mass is 16.3. The maximum atomic E-state index is 12.0. The Balaban J connectivity index is 2.75. The molecule has 0 fully saturated rings. The van der Waals surface area contributed by atoms with Crippen molar-refractivity contribution < 1.29 is 9.90 Å². The SMILES string of the molecule is CCn1nc(C)cc1C(=O)NC(C)C(C)CO. The van der Waals surface area contributed by atoms with E-state index in [1.807, 2.05) is 27.7 Å². The minimum atomic E-state index is -0.139. The van der Waals surface area contributed by atoms with Crippen molar-refractivity contribution in [3.63, 3.8) is 0 Å². The Hall–Kier alpha value is -1.36. The van der Waals surface area contributed by atoms with Gasteiger partial charge >= 0.3 is 0 Å². The monoisotopic (exact) mass is 239 g/mol. The molecular weight excluding hydrogens is 218 g/mol. The van der Waals surface area contributed by atoms with Crippen LogP contribution in [0, 0.1) is 12.8 Å². The molecule has 0 radical (unpaired) electrons. The molecule has 17 heavy (non-hydrogen) atoms. The topological polar surface area (TPSA) is 67.2 Å². The third kappa shape index (κ3) is 3.30. The zero-order chi connectivity index (χ0) is 13.0. The molecule has 1 amide bonds. The molecule has 0 saturated carbocycles. The zero-order valence-corrected chi connectivity index (χ0v) is 10.9. The number of nitrogens with one attached hydrogen (secondary N) is 1. The quantitative estimate of drug-likeness (QED) is 0.804. The Morgan fingerprint density at radius 1 is 1.59 bits per heavy atom. The summed E-state index contributed by atoms with van der Waals surface area (Å²) in [6, 6.07) is 1.71. The predicted molar refractivity (Wildman–Crippen MR) is 65.8 cm³/mol. The number of carbonyl (C=O) groups is 1. The summed E-state index contributed by atoms with van der Waals surface area (Å²) in [6.07, 6.45) is 0. The second-order valence-corrected chi connectivity index (χ2v) is 4.41. The minimum Gasteiger partial charge on any atom is -0.396 e. The Kier molecular flexibility index (Phi) is 4.69. The highest BCUT2D eigenvalue weighted by Gasteiger charge is 2.18. The third-order valence-electron chi connectivity index (χ3n) is 2.93. The molecule has 2 N–H and O–H groups in total. The lowest BCUT2D eigenvalue weighted by molar-refractivity contribution is 0.0905. The number of aliphatic hydroxyl groups excluding tert-OH is 1. The van der Waals surface area contributed by atoms with Crippen LogP contribution in [0.25, 0.3) is 0 Å². The number of aromatic nitrogens is 2. The summed E-state index contributed by atoms with van der Waals surface area (Å²) >= 11 is 0. The molecule has 0 spiro atoms. The van der Waals surface area contributed by atoms with E-state index >= 15 is 0 Å². The third-order valence-corrected chi connectivity index (χ3v) is 2.93. The summed E-state index contributed by atoms with van der Waals surface area (Å²) in [7, 11) is 0. The van der Waals surface area contributed by atoms with Gasteiger partial charge in [-0.1, -0.05) is 6.92 Å². The van der Waals surface area contributed by atoms with Gasteiger partial charge in [0.2, 0.25) is 0 Å². The van der Waals surface area contributed by atoms with E-state index in [1.54, 1.807) is 10.7 Å². The molecule has 0 aliphatic rings. The van der Waals surface area contributed by atoms with Crippen molar-refractivity contribution in [3.05, 3.63) is 17.5 Å². The molecule has 0 aliphatic heterocycles. The van der Waals surface area contributed by atoms with E-state index in [4.69, 9.17) is 5.11 Å². The Bertz CT molecular complexity index is 387. The van der Waals surface area contributed by atoms with Gasteiger partial charge in [0.1, 0.15) is 5.69 Å². The Morgan fingerprint density at radius 3 is 2.76 bits per heavy atom. The van der Waals surface area contributed by atoms with Gasteiger partial charge in [0.15, 0.2) is 0 Å². The molecule has 5 nitrogen and oxygen atoms in total. The molecular formula is C12H21N3O2. The molecule has 0 bridgehead atoms. The van der Waals surface area contributed by atoms with Crippen LogP contribution in [0.3, 0.4) is 0 Å². The summed E-state index contributed by atoms with van der Waals surface area (Å²) in [4.78, 5) is 12.0. The van der Waals surface area contributed by atoms with E-state index in [1.165, 1.54) is 0 Å². The van der Waals surface area contributed by atoms with Crippen molar-refractivity contribution >= 4 is 5.91 Å². The molecule has 1 aromatic rings. The first-order valence-electron chi connectivity index (χ1n) is 5.95. The highest BCUT2D eigenvalue weighted by molar-refractivity contribution is 5.92. The van der Waals surface area contributed by atoms with Crippen molar-refractivity contribution in [1.29, 1.82) is 0 Å². The number of hydrogen-bond donors (Lipinski definition) is 2. The number of carbonyl (C=O) groups excluding carboxylic acids is 1. The fraction of sp³-hybridized carbons (Fsp3) is 0.667. The zero-order valence-electron chi connectivity index (χ0n) is 10.9. The summed E-state index contributed by atoms with van der Waals surface area (Å²) in [5.41, 5.74) is 1.40. The fourth-order valence-corrected chi connectivity index (χ4v) is 1.55. The van der Waals surface area contributed by atoms with Crippen LogP contribution >= 0.6 is 0 Å². The first-order chi connectivity index (χ1) is 7.99. The van der Waals surface area contributed by atoms with Gasteiger partial charge in [-0.05, 0) is 32.8 Å². The van der Waals surface area contributed by atoms with E-state index < -0.39 is 0 Å². The highest BCUT2D eigenvalue weighted by Crippen LogP contribution is 2.06. The molecule has 0 aliphatic carbocycles. The van der Waals surface area contributed by atoms with Gasteiger partial charge in [-0.25, -0.2) is 0 Å². The van der Waals surface area contributed by atoms with Crippen molar-refractivity contribution in [2.45, 2.75) is 40.3 Å². The van der Waals surface area contributed by atoms with E-state index in [2.05, 4.69) is 10.4 Å². The molecule has 96 valence electrons. The Morgan fingerprint density at radius 2 is 2.24 bits per heavy atom. The molecule has 2 atom stereocenters. The molecule has 0 aromatic carbocycles. The first-order valence-corrected chi connectivity index (χ1v) is 5.95. The fourth-order valence-electron chi connectivity index (χ4n) is 1.55. The van der Waals surface area contributed by atoms with Crippen molar-refractivity contribution in [2.24, 2.45) is 5.92 Å². The van der Waals surface area contributed by atoms with Gasteiger partial charge in [-0.2, -0.15) is 5.10 Å². The maximum Gasteiger partial charge on any atom is 0.269 e. The average molecular weight is 239 g/mol. The smallest absolute Gasteiger partial charge is 0.269 e. The van der Waals surface area contributed by atoms with E-state index in [9.17, 15) is 4.79 Å². The van der Waals surface area contributed by atoms with Gasteiger partial charge in [0, 0.05) is 19.2 Å². The second kappa shape index (κ2) is 5.82. The van der Waals surface area contributed by atoms with Crippen LogP contribution in [0.2, 0.25) is 0 Å². The number of hydrogen-bond acceptors (Lipinski definition) is 3.